The first-order valence-electron chi connectivity index (χ1n) is 7.08. The van der Waals surface area contributed by atoms with Gasteiger partial charge in [0.2, 0.25) is 0 Å². The van der Waals surface area contributed by atoms with Gasteiger partial charge in [-0.3, -0.25) is 0 Å². The first-order chi connectivity index (χ1) is 9.56. The van der Waals surface area contributed by atoms with Crippen molar-refractivity contribution >= 4 is 45.2 Å². The number of imidazole rings is 1. The standard InChI is InChI=1S/C15H21ClIN3/c1-4-19(5-2)8-9-20-14-7-6-12(17)10-13(14)18-15(20)11(3)16/h6-7,10-11H,4-5,8-9H2,1-3H3. The Hall–Kier alpha value is -0.330. The van der Waals surface area contributed by atoms with Gasteiger partial charge < -0.3 is 9.47 Å². The lowest BCUT2D eigenvalue weighted by Crippen LogP contribution is -2.27. The molecule has 0 radical (unpaired) electrons. The molecule has 0 bridgehead atoms. The van der Waals surface area contributed by atoms with E-state index in [0.29, 0.717) is 0 Å². The zero-order valence-electron chi connectivity index (χ0n) is 12.2. The highest BCUT2D eigenvalue weighted by atomic mass is 127. The number of nitrogens with zero attached hydrogens (tertiary/aromatic N) is 3. The van der Waals surface area contributed by atoms with Gasteiger partial charge >= 0.3 is 0 Å². The van der Waals surface area contributed by atoms with Gasteiger partial charge in [0, 0.05) is 16.7 Å². The highest BCUT2D eigenvalue weighted by Gasteiger charge is 2.15. The summed E-state index contributed by atoms with van der Waals surface area (Å²) in [5.74, 6) is 0.968. The Kier molecular flexibility index (Phi) is 5.69. The van der Waals surface area contributed by atoms with Gasteiger partial charge in [0.15, 0.2) is 0 Å². The maximum absolute atomic E-state index is 6.30. The fourth-order valence-corrected chi connectivity index (χ4v) is 3.08. The molecule has 5 heteroatoms. The third kappa shape index (κ3) is 3.46. The van der Waals surface area contributed by atoms with Gasteiger partial charge in [-0.05, 0) is 60.8 Å². The first kappa shape index (κ1) is 16.0. The molecule has 3 nitrogen and oxygen atoms in total. The average molecular weight is 406 g/mol. The van der Waals surface area contributed by atoms with Crippen LogP contribution in [0.3, 0.4) is 0 Å². The van der Waals surface area contributed by atoms with Gasteiger partial charge in [-0.2, -0.15) is 0 Å². The fraction of sp³-hybridized carbons (Fsp3) is 0.533. The van der Waals surface area contributed by atoms with Crippen LogP contribution in [0.25, 0.3) is 11.0 Å². The largest absolute Gasteiger partial charge is 0.325 e. The molecule has 1 aromatic carbocycles. The average Bonchev–Trinajstić information content (AvgIpc) is 2.78. The van der Waals surface area contributed by atoms with E-state index in [9.17, 15) is 0 Å². The molecule has 0 spiro atoms. The number of hydrogen-bond donors (Lipinski definition) is 0. The summed E-state index contributed by atoms with van der Waals surface area (Å²) in [4.78, 5) is 7.13. The van der Waals surface area contributed by atoms with E-state index >= 15 is 0 Å². The van der Waals surface area contributed by atoms with E-state index in [1.54, 1.807) is 0 Å². The van der Waals surface area contributed by atoms with Crippen LogP contribution in [0.2, 0.25) is 0 Å². The fourth-order valence-electron chi connectivity index (χ4n) is 2.44. The molecule has 20 heavy (non-hydrogen) atoms. The molecule has 0 saturated carbocycles. The lowest BCUT2D eigenvalue weighted by molar-refractivity contribution is 0.290. The lowest BCUT2D eigenvalue weighted by Gasteiger charge is -2.19. The van der Waals surface area contributed by atoms with Gasteiger partial charge in [0.25, 0.3) is 0 Å². The Morgan fingerprint density at radius 1 is 1.35 bits per heavy atom. The van der Waals surface area contributed by atoms with Crippen molar-refractivity contribution in [3.05, 3.63) is 27.6 Å². The van der Waals surface area contributed by atoms with Gasteiger partial charge in [-0.1, -0.05) is 13.8 Å². The van der Waals surface area contributed by atoms with Gasteiger partial charge in [0.05, 0.1) is 16.4 Å². The van der Waals surface area contributed by atoms with E-state index in [1.807, 2.05) is 6.92 Å². The summed E-state index contributed by atoms with van der Waals surface area (Å²) in [6.45, 7) is 10.5. The number of benzene rings is 1. The molecule has 0 aliphatic rings. The Morgan fingerprint density at radius 2 is 2.05 bits per heavy atom. The summed E-state index contributed by atoms with van der Waals surface area (Å²) in [6, 6.07) is 6.39. The summed E-state index contributed by atoms with van der Waals surface area (Å²) in [5, 5.41) is -0.0724. The van der Waals surface area contributed by atoms with Crippen molar-refractivity contribution < 1.29 is 0 Å². The predicted octanol–water partition coefficient (Wildman–Crippen LogP) is 4.28. The quantitative estimate of drug-likeness (QED) is 0.528. The minimum Gasteiger partial charge on any atom is -0.325 e. The monoisotopic (exact) mass is 405 g/mol. The highest BCUT2D eigenvalue weighted by molar-refractivity contribution is 14.1. The van der Waals surface area contributed by atoms with Crippen LogP contribution in [0.1, 0.15) is 32.0 Å². The van der Waals surface area contributed by atoms with Crippen molar-refractivity contribution in [2.75, 3.05) is 19.6 Å². The second-order valence-corrected chi connectivity index (χ2v) is 6.80. The molecule has 0 aliphatic carbocycles. The van der Waals surface area contributed by atoms with Crippen LogP contribution in [0.5, 0.6) is 0 Å². The molecule has 2 rings (SSSR count). The molecular formula is C15H21ClIN3. The molecule has 0 fully saturated rings. The van der Waals surface area contributed by atoms with Crippen LogP contribution in [0.15, 0.2) is 18.2 Å². The Balaban J connectivity index is 2.36. The molecule has 1 heterocycles. The zero-order chi connectivity index (χ0) is 14.7. The molecule has 1 unspecified atom stereocenters. The molecule has 1 aromatic heterocycles. The maximum Gasteiger partial charge on any atom is 0.127 e. The smallest absolute Gasteiger partial charge is 0.127 e. The number of alkyl halides is 1. The maximum atomic E-state index is 6.30. The van der Waals surface area contributed by atoms with Crippen molar-refractivity contribution in [1.82, 2.24) is 14.5 Å². The SMILES string of the molecule is CCN(CC)CCn1c(C(C)Cl)nc2cc(I)ccc21. The Morgan fingerprint density at radius 3 is 2.65 bits per heavy atom. The molecule has 0 N–H and O–H groups in total. The van der Waals surface area contributed by atoms with Crippen LogP contribution < -0.4 is 0 Å². The normalized spacial score (nSPS) is 13.3. The Labute approximate surface area is 139 Å². The van der Waals surface area contributed by atoms with Crippen LogP contribution in [-0.4, -0.2) is 34.1 Å². The summed E-state index contributed by atoms with van der Waals surface area (Å²) in [5.41, 5.74) is 2.22. The minimum absolute atomic E-state index is 0.0724. The molecule has 2 aromatic rings. The van der Waals surface area contributed by atoms with Gasteiger partial charge in [0.1, 0.15) is 5.82 Å². The summed E-state index contributed by atoms with van der Waals surface area (Å²) in [6.07, 6.45) is 0. The lowest BCUT2D eigenvalue weighted by atomic mass is 10.3. The van der Waals surface area contributed by atoms with E-state index < -0.39 is 0 Å². The number of fused-ring (bicyclic) bond motifs is 1. The summed E-state index contributed by atoms with van der Waals surface area (Å²) < 4.78 is 3.47. The van der Waals surface area contributed by atoms with Crippen LogP contribution >= 0.6 is 34.2 Å². The number of hydrogen-bond acceptors (Lipinski definition) is 2. The molecule has 1 atom stereocenters. The van der Waals surface area contributed by atoms with E-state index in [1.165, 1.54) is 9.09 Å². The van der Waals surface area contributed by atoms with Crippen molar-refractivity contribution in [2.45, 2.75) is 32.7 Å². The van der Waals surface area contributed by atoms with Crippen LogP contribution in [0, 0.1) is 3.57 Å². The number of halogens is 2. The predicted molar refractivity (Wildman–Crippen MR) is 94.5 cm³/mol. The molecule has 0 amide bonds. The minimum atomic E-state index is -0.0724. The van der Waals surface area contributed by atoms with Gasteiger partial charge in [-0.25, -0.2) is 4.98 Å². The highest BCUT2D eigenvalue weighted by Crippen LogP contribution is 2.25. The number of aromatic nitrogens is 2. The third-order valence-corrected chi connectivity index (χ3v) is 4.50. The first-order valence-corrected chi connectivity index (χ1v) is 8.60. The second kappa shape index (κ2) is 7.09. The topological polar surface area (TPSA) is 21.1 Å². The number of rotatable bonds is 6. The van der Waals surface area contributed by atoms with Crippen LogP contribution in [-0.2, 0) is 6.54 Å². The van der Waals surface area contributed by atoms with Crippen molar-refractivity contribution in [1.29, 1.82) is 0 Å². The Bertz CT molecular complexity index is 576. The van der Waals surface area contributed by atoms with E-state index in [4.69, 9.17) is 16.6 Å². The van der Waals surface area contributed by atoms with Gasteiger partial charge in [-0.15, -0.1) is 11.6 Å². The molecule has 0 aliphatic heterocycles. The van der Waals surface area contributed by atoms with Crippen molar-refractivity contribution in [3.63, 3.8) is 0 Å². The van der Waals surface area contributed by atoms with Crippen molar-refractivity contribution in [3.8, 4) is 0 Å². The van der Waals surface area contributed by atoms with Crippen LogP contribution in [0.4, 0.5) is 0 Å². The summed E-state index contributed by atoms with van der Waals surface area (Å²) in [7, 11) is 0. The van der Waals surface area contributed by atoms with E-state index in [2.05, 4.69) is 64.1 Å². The molecule has 0 saturated heterocycles. The van der Waals surface area contributed by atoms with E-state index in [0.717, 1.165) is 37.5 Å². The molecule has 110 valence electrons. The van der Waals surface area contributed by atoms with Crippen molar-refractivity contribution in [2.24, 2.45) is 0 Å². The van der Waals surface area contributed by atoms with E-state index in [-0.39, 0.29) is 5.38 Å². The summed E-state index contributed by atoms with van der Waals surface area (Å²) >= 11 is 8.62. The third-order valence-electron chi connectivity index (χ3n) is 3.63. The second-order valence-electron chi connectivity index (χ2n) is 4.90. The molecular weight excluding hydrogens is 385 g/mol. The zero-order valence-corrected chi connectivity index (χ0v) is 15.1. The number of likely N-dealkylation sites (N-methyl/N-ethyl adjacent to an activating group) is 1.